The van der Waals surface area contributed by atoms with E-state index in [1.165, 1.54) is 37.7 Å². The number of aliphatic hydroxyl groups excluding tert-OH is 1. The topological polar surface area (TPSA) is 20.2 Å². The van der Waals surface area contributed by atoms with Gasteiger partial charge in [-0.05, 0) is 30.4 Å². The molecule has 1 N–H and O–H groups in total. The van der Waals surface area contributed by atoms with E-state index in [-0.39, 0.29) is 6.10 Å². The lowest BCUT2D eigenvalue weighted by Crippen LogP contribution is -1.96. The van der Waals surface area contributed by atoms with Crippen LogP contribution in [-0.2, 0) is 6.42 Å². The van der Waals surface area contributed by atoms with Crippen LogP contribution in [0.1, 0.15) is 69.6 Å². The van der Waals surface area contributed by atoms with Crippen LogP contribution in [0.2, 0.25) is 0 Å². The number of rotatable bonds is 8. The molecule has 1 aromatic carbocycles. The summed E-state index contributed by atoms with van der Waals surface area (Å²) in [5, 5.41) is 9.86. The van der Waals surface area contributed by atoms with Gasteiger partial charge in [-0.1, -0.05) is 63.8 Å². The minimum atomic E-state index is -0.283. The van der Waals surface area contributed by atoms with Crippen molar-refractivity contribution < 1.29 is 5.11 Å². The first-order chi connectivity index (χ1) is 8.27. The fraction of sp³-hybridized carbons (Fsp3) is 0.625. The van der Waals surface area contributed by atoms with E-state index < -0.39 is 0 Å². The number of hydrogen-bond acceptors (Lipinski definition) is 1. The van der Waals surface area contributed by atoms with Crippen molar-refractivity contribution in [2.45, 2.75) is 64.9 Å². The molecule has 0 spiro atoms. The smallest absolute Gasteiger partial charge is 0.0790 e. The standard InChI is InChI=1S/C16H26O/c1-3-5-6-7-9-14-10-12-15(13-11-14)16(17)8-4-2/h10-13,16-17H,3-9H2,1-2H3. The van der Waals surface area contributed by atoms with Crippen LogP contribution >= 0.6 is 0 Å². The van der Waals surface area contributed by atoms with E-state index >= 15 is 0 Å². The molecule has 17 heavy (non-hydrogen) atoms. The lowest BCUT2D eigenvalue weighted by molar-refractivity contribution is 0.166. The maximum absolute atomic E-state index is 9.86. The lowest BCUT2D eigenvalue weighted by atomic mass is 10.0. The second-order valence-corrected chi connectivity index (χ2v) is 4.86. The van der Waals surface area contributed by atoms with Gasteiger partial charge in [0.15, 0.2) is 0 Å². The van der Waals surface area contributed by atoms with Crippen LogP contribution in [0.25, 0.3) is 0 Å². The Bertz CT molecular complexity index is 289. The van der Waals surface area contributed by atoms with E-state index in [9.17, 15) is 5.11 Å². The molecular weight excluding hydrogens is 208 g/mol. The molecule has 0 radical (unpaired) electrons. The van der Waals surface area contributed by atoms with Gasteiger partial charge in [-0.2, -0.15) is 0 Å². The van der Waals surface area contributed by atoms with Crippen LogP contribution in [0.4, 0.5) is 0 Å². The Morgan fingerprint density at radius 2 is 1.65 bits per heavy atom. The molecule has 0 aliphatic carbocycles. The maximum Gasteiger partial charge on any atom is 0.0790 e. The third kappa shape index (κ3) is 5.36. The molecule has 1 aromatic rings. The zero-order chi connectivity index (χ0) is 12.5. The van der Waals surface area contributed by atoms with Crippen LogP contribution in [0, 0.1) is 0 Å². The van der Waals surface area contributed by atoms with E-state index in [0.717, 1.165) is 18.4 Å². The first-order valence-electron chi connectivity index (χ1n) is 7.04. The lowest BCUT2D eigenvalue weighted by Gasteiger charge is -2.10. The largest absolute Gasteiger partial charge is 0.388 e. The van der Waals surface area contributed by atoms with Crippen LogP contribution < -0.4 is 0 Å². The molecule has 1 unspecified atom stereocenters. The van der Waals surface area contributed by atoms with Crippen molar-refractivity contribution >= 4 is 0 Å². The first kappa shape index (κ1) is 14.2. The van der Waals surface area contributed by atoms with E-state index in [1.54, 1.807) is 0 Å². The SMILES string of the molecule is CCCCCCc1ccc(C(O)CCC)cc1. The molecule has 96 valence electrons. The van der Waals surface area contributed by atoms with Gasteiger partial charge in [-0.3, -0.25) is 0 Å². The molecule has 0 saturated heterocycles. The van der Waals surface area contributed by atoms with Crippen LogP contribution in [0.3, 0.4) is 0 Å². The summed E-state index contributed by atoms with van der Waals surface area (Å²) >= 11 is 0. The molecule has 0 saturated carbocycles. The highest BCUT2D eigenvalue weighted by Gasteiger charge is 2.05. The Hall–Kier alpha value is -0.820. The van der Waals surface area contributed by atoms with Crippen LogP contribution in [-0.4, -0.2) is 5.11 Å². The maximum atomic E-state index is 9.86. The van der Waals surface area contributed by atoms with E-state index in [0.29, 0.717) is 0 Å². The molecule has 0 fully saturated rings. The number of aliphatic hydroxyl groups is 1. The molecule has 1 nitrogen and oxygen atoms in total. The molecule has 1 heteroatoms. The van der Waals surface area contributed by atoms with Crippen molar-refractivity contribution in [1.29, 1.82) is 0 Å². The summed E-state index contributed by atoms with van der Waals surface area (Å²) in [5.74, 6) is 0. The van der Waals surface area contributed by atoms with Gasteiger partial charge in [0.25, 0.3) is 0 Å². The zero-order valence-electron chi connectivity index (χ0n) is 11.3. The van der Waals surface area contributed by atoms with Gasteiger partial charge < -0.3 is 5.11 Å². The summed E-state index contributed by atoms with van der Waals surface area (Å²) in [6.07, 6.45) is 8.02. The molecular formula is C16H26O. The van der Waals surface area contributed by atoms with Gasteiger partial charge in [-0.25, -0.2) is 0 Å². The van der Waals surface area contributed by atoms with Crippen molar-refractivity contribution in [3.63, 3.8) is 0 Å². The van der Waals surface area contributed by atoms with Gasteiger partial charge in [0, 0.05) is 0 Å². The molecule has 0 heterocycles. The third-order valence-electron chi connectivity index (χ3n) is 3.25. The van der Waals surface area contributed by atoms with Gasteiger partial charge >= 0.3 is 0 Å². The Morgan fingerprint density at radius 1 is 0.941 bits per heavy atom. The molecule has 0 aliphatic heterocycles. The molecule has 0 amide bonds. The summed E-state index contributed by atoms with van der Waals surface area (Å²) in [5.41, 5.74) is 2.46. The first-order valence-corrected chi connectivity index (χ1v) is 7.04. The number of benzene rings is 1. The summed E-state index contributed by atoms with van der Waals surface area (Å²) < 4.78 is 0. The highest BCUT2D eigenvalue weighted by molar-refractivity contribution is 5.24. The summed E-state index contributed by atoms with van der Waals surface area (Å²) in [6.45, 7) is 4.34. The fourth-order valence-corrected chi connectivity index (χ4v) is 2.10. The quantitative estimate of drug-likeness (QED) is 0.649. The van der Waals surface area contributed by atoms with Crippen LogP contribution in [0.15, 0.2) is 24.3 Å². The Balaban J connectivity index is 2.39. The van der Waals surface area contributed by atoms with Crippen molar-refractivity contribution in [3.05, 3.63) is 35.4 Å². The van der Waals surface area contributed by atoms with Crippen molar-refractivity contribution in [2.24, 2.45) is 0 Å². The van der Waals surface area contributed by atoms with Crippen molar-refractivity contribution in [2.75, 3.05) is 0 Å². The Morgan fingerprint density at radius 3 is 2.24 bits per heavy atom. The minimum Gasteiger partial charge on any atom is -0.388 e. The second kappa shape index (κ2) is 8.30. The third-order valence-corrected chi connectivity index (χ3v) is 3.25. The zero-order valence-corrected chi connectivity index (χ0v) is 11.3. The summed E-state index contributed by atoms with van der Waals surface area (Å²) in [6, 6.07) is 8.49. The number of hydrogen-bond donors (Lipinski definition) is 1. The van der Waals surface area contributed by atoms with Gasteiger partial charge in [0.05, 0.1) is 6.10 Å². The molecule has 0 aromatic heterocycles. The normalized spacial score (nSPS) is 12.6. The van der Waals surface area contributed by atoms with E-state index in [4.69, 9.17) is 0 Å². The molecule has 1 atom stereocenters. The van der Waals surface area contributed by atoms with E-state index in [1.807, 2.05) is 0 Å². The average Bonchev–Trinajstić information content (AvgIpc) is 2.36. The van der Waals surface area contributed by atoms with Crippen LogP contribution in [0.5, 0.6) is 0 Å². The Kier molecular flexibility index (Phi) is 6.95. The fourth-order valence-electron chi connectivity index (χ4n) is 2.10. The predicted octanol–water partition coefficient (Wildman–Crippen LogP) is 4.64. The van der Waals surface area contributed by atoms with Gasteiger partial charge in [0.2, 0.25) is 0 Å². The van der Waals surface area contributed by atoms with Gasteiger partial charge in [-0.15, -0.1) is 0 Å². The molecule has 0 bridgehead atoms. The van der Waals surface area contributed by atoms with Crippen molar-refractivity contribution in [3.8, 4) is 0 Å². The number of unbranched alkanes of at least 4 members (excludes halogenated alkanes) is 3. The predicted molar refractivity (Wildman–Crippen MR) is 74.2 cm³/mol. The summed E-state index contributed by atoms with van der Waals surface area (Å²) in [7, 11) is 0. The van der Waals surface area contributed by atoms with Crippen molar-refractivity contribution in [1.82, 2.24) is 0 Å². The molecule has 0 aliphatic rings. The monoisotopic (exact) mass is 234 g/mol. The Labute approximate surface area is 106 Å². The minimum absolute atomic E-state index is 0.283. The second-order valence-electron chi connectivity index (χ2n) is 4.86. The van der Waals surface area contributed by atoms with E-state index in [2.05, 4.69) is 38.1 Å². The highest BCUT2D eigenvalue weighted by Crippen LogP contribution is 2.19. The summed E-state index contributed by atoms with van der Waals surface area (Å²) in [4.78, 5) is 0. The molecule has 1 rings (SSSR count). The highest BCUT2D eigenvalue weighted by atomic mass is 16.3. The number of aryl methyl sites for hydroxylation is 1. The average molecular weight is 234 g/mol. The van der Waals surface area contributed by atoms with Gasteiger partial charge in [0.1, 0.15) is 0 Å².